The zero-order chi connectivity index (χ0) is 8.27. The fourth-order valence-corrected chi connectivity index (χ4v) is 0.851. The first-order chi connectivity index (χ1) is 5.24. The van der Waals surface area contributed by atoms with Crippen molar-refractivity contribution < 1.29 is 4.79 Å². The van der Waals surface area contributed by atoms with Crippen LogP contribution in [0.2, 0.25) is 0 Å². The highest BCUT2D eigenvalue weighted by Crippen LogP contribution is 2.04. The average molecular weight is 168 g/mol. The Balaban J connectivity index is 3.01. The zero-order valence-corrected chi connectivity index (χ0v) is 6.51. The largest absolute Gasteiger partial charge is 0.294 e. The van der Waals surface area contributed by atoms with Gasteiger partial charge in [-0.2, -0.15) is 0 Å². The second kappa shape index (κ2) is 3.49. The fourth-order valence-electron chi connectivity index (χ4n) is 0.705. The highest BCUT2D eigenvalue weighted by molar-refractivity contribution is 6.17. The summed E-state index contributed by atoms with van der Waals surface area (Å²) in [7, 11) is 0. The van der Waals surface area contributed by atoms with Crippen molar-refractivity contribution in [1.29, 1.82) is 0 Å². The van der Waals surface area contributed by atoms with Crippen LogP contribution in [0.1, 0.15) is 16.1 Å². The van der Waals surface area contributed by atoms with Crippen molar-refractivity contribution in [3.8, 4) is 0 Å². The molecule has 2 nitrogen and oxygen atoms in total. The maximum absolute atomic E-state index is 10.6. The molecule has 0 aliphatic heterocycles. The molecule has 11 heavy (non-hydrogen) atoms. The second-order valence-corrected chi connectivity index (χ2v) is 2.30. The van der Waals surface area contributed by atoms with E-state index in [0.717, 1.165) is 0 Å². The van der Waals surface area contributed by atoms with Crippen LogP contribution in [-0.4, -0.2) is 10.8 Å². The molecule has 0 atom stereocenters. The maximum Gasteiger partial charge on any atom is 0.167 e. The molecule has 0 N–H and O–H groups in total. The van der Waals surface area contributed by atoms with E-state index in [1.165, 1.54) is 6.20 Å². The van der Waals surface area contributed by atoms with Crippen LogP contribution in [0.5, 0.6) is 0 Å². The summed E-state index contributed by atoms with van der Waals surface area (Å²) < 4.78 is 0. The summed E-state index contributed by atoms with van der Waals surface area (Å²) in [5.74, 6) is -0.167. The van der Waals surface area contributed by atoms with Gasteiger partial charge in [-0.25, -0.2) is 0 Å². The van der Waals surface area contributed by atoms with Crippen LogP contribution in [0.25, 0.3) is 0 Å². The van der Waals surface area contributed by atoms with Gasteiger partial charge in [0.2, 0.25) is 0 Å². The lowest BCUT2D eigenvalue weighted by atomic mass is 10.2. The quantitative estimate of drug-likeness (QED) is 0.496. The lowest BCUT2D eigenvalue weighted by molar-refractivity contribution is 0.104. The Bertz CT molecular complexity index is 273. The topological polar surface area (TPSA) is 30.0 Å². The molecule has 0 spiro atoms. The third-order valence-electron chi connectivity index (χ3n) is 1.24. The molecule has 1 rings (SSSR count). The van der Waals surface area contributed by atoms with Crippen LogP contribution in [0.4, 0.5) is 0 Å². The van der Waals surface area contributed by atoms with Crippen LogP contribution in [0.3, 0.4) is 0 Å². The van der Waals surface area contributed by atoms with Gasteiger partial charge in [0.05, 0.1) is 11.6 Å². The Morgan fingerprint density at radius 1 is 1.73 bits per heavy atom. The number of Topliss-reactive ketones (excluding diaryl/α,β-unsaturated/α-hetero) is 1. The van der Waals surface area contributed by atoms with Crippen LogP contribution in [0, 0.1) is 6.92 Å². The van der Waals surface area contributed by atoms with E-state index in [1.54, 1.807) is 12.1 Å². The number of hydrogen-bond acceptors (Lipinski definition) is 2. The highest BCUT2D eigenvalue weighted by atomic mass is 35.5. The van der Waals surface area contributed by atoms with Crippen molar-refractivity contribution >= 4 is 17.4 Å². The molecule has 0 fully saturated rings. The first-order valence-electron chi connectivity index (χ1n) is 3.04. The molecule has 1 aromatic heterocycles. The highest BCUT2D eigenvalue weighted by Gasteiger charge is 1.99. The van der Waals surface area contributed by atoms with E-state index in [-0.39, 0.29) is 0 Å². The van der Waals surface area contributed by atoms with Gasteiger partial charge in [0.15, 0.2) is 5.78 Å². The molecule has 3 heteroatoms. The molecule has 1 aromatic rings. The summed E-state index contributed by atoms with van der Waals surface area (Å²) in [5.41, 5.74) is 1.10. The number of hydrogen-bond donors (Lipinski definition) is 0. The van der Waals surface area contributed by atoms with E-state index in [0.29, 0.717) is 17.1 Å². The number of carbonyl (C=O) groups is 1. The van der Waals surface area contributed by atoms with Gasteiger partial charge in [0.1, 0.15) is 0 Å². The molecule has 0 saturated heterocycles. The van der Waals surface area contributed by atoms with Gasteiger partial charge in [-0.1, -0.05) is 0 Å². The van der Waals surface area contributed by atoms with E-state index in [1.807, 2.05) is 0 Å². The number of halogens is 1. The van der Waals surface area contributed by atoms with Crippen molar-refractivity contribution in [2.45, 2.75) is 5.88 Å². The normalized spacial score (nSPS) is 9.64. The number of nitrogens with zero attached hydrogens (tertiary/aromatic N) is 1. The summed E-state index contributed by atoms with van der Waals surface area (Å²) in [6.07, 6.45) is 1.51. The van der Waals surface area contributed by atoms with Gasteiger partial charge in [0, 0.05) is 18.7 Å². The smallest absolute Gasteiger partial charge is 0.167 e. The minimum Gasteiger partial charge on any atom is -0.294 e. The fraction of sp³-hybridized carbons (Fsp3) is 0.125. The van der Waals surface area contributed by atoms with Gasteiger partial charge in [0.25, 0.3) is 0 Å². The van der Waals surface area contributed by atoms with Gasteiger partial charge in [-0.15, -0.1) is 11.6 Å². The van der Waals surface area contributed by atoms with E-state index in [4.69, 9.17) is 18.5 Å². The number of carbonyl (C=O) groups excluding carboxylic acids is 1. The molecule has 0 unspecified atom stereocenters. The maximum atomic E-state index is 10.6. The number of rotatable bonds is 2. The Labute approximate surface area is 70.2 Å². The molecule has 0 aliphatic rings. The second-order valence-electron chi connectivity index (χ2n) is 2.03. The molecule has 2 radical (unpaired) electrons. The number of ketones is 1. The van der Waals surface area contributed by atoms with Crippen molar-refractivity contribution in [1.82, 2.24) is 4.98 Å². The summed E-state index contributed by atoms with van der Waals surface area (Å²) in [5, 5.41) is 0. The van der Waals surface area contributed by atoms with E-state index in [9.17, 15) is 4.79 Å². The first kappa shape index (κ1) is 8.21. The molecule has 0 aliphatic carbocycles. The molecule has 0 bridgehead atoms. The lowest BCUT2D eigenvalue weighted by Crippen LogP contribution is -1.94. The van der Waals surface area contributed by atoms with Crippen molar-refractivity contribution in [3.05, 3.63) is 36.5 Å². The van der Waals surface area contributed by atoms with E-state index in [2.05, 4.69) is 4.98 Å². The number of pyridine rings is 1. The Morgan fingerprint density at radius 2 is 2.45 bits per heavy atom. The minimum absolute atomic E-state index is 0.293. The summed E-state index contributed by atoms with van der Waals surface area (Å²) in [4.78, 5) is 14.5. The van der Waals surface area contributed by atoms with Crippen LogP contribution in [0.15, 0.2) is 18.3 Å². The van der Waals surface area contributed by atoms with Crippen molar-refractivity contribution in [2.24, 2.45) is 0 Å². The third kappa shape index (κ3) is 2.02. The molecule has 0 amide bonds. The van der Waals surface area contributed by atoms with E-state index < -0.39 is 5.78 Å². The molecule has 56 valence electrons. The summed E-state index contributed by atoms with van der Waals surface area (Å²) in [6, 6.07) is 3.13. The van der Waals surface area contributed by atoms with Crippen LogP contribution < -0.4 is 0 Å². The minimum atomic E-state index is -0.459. The predicted octanol–water partition coefficient (Wildman–Crippen LogP) is 1.71. The van der Waals surface area contributed by atoms with Gasteiger partial charge in [-0.05, 0) is 12.1 Å². The lowest BCUT2D eigenvalue weighted by Gasteiger charge is -1.96. The number of alkyl halides is 1. The van der Waals surface area contributed by atoms with E-state index >= 15 is 0 Å². The Morgan fingerprint density at radius 3 is 3.00 bits per heavy atom. The number of aromatic nitrogens is 1. The first-order valence-corrected chi connectivity index (χ1v) is 3.58. The van der Waals surface area contributed by atoms with Gasteiger partial charge < -0.3 is 0 Å². The zero-order valence-electron chi connectivity index (χ0n) is 5.75. The molecule has 0 saturated carbocycles. The van der Waals surface area contributed by atoms with Crippen molar-refractivity contribution in [2.75, 3.05) is 0 Å². The van der Waals surface area contributed by atoms with Crippen molar-refractivity contribution in [3.63, 3.8) is 0 Å². The average Bonchev–Trinajstić information content (AvgIpc) is 2.05. The third-order valence-corrected chi connectivity index (χ3v) is 1.51. The SMILES string of the molecule is [CH]C(=O)c1ccnc(CCl)c1. The molecule has 0 aromatic carbocycles. The predicted molar refractivity (Wildman–Crippen MR) is 42.4 cm³/mol. The van der Waals surface area contributed by atoms with Gasteiger partial charge >= 0.3 is 0 Å². The monoisotopic (exact) mass is 167 g/mol. The molecular formula is C8H6ClNO. The van der Waals surface area contributed by atoms with Crippen LogP contribution in [-0.2, 0) is 5.88 Å². The van der Waals surface area contributed by atoms with Crippen LogP contribution >= 0.6 is 11.6 Å². The molecule has 1 heterocycles. The summed E-state index contributed by atoms with van der Waals surface area (Å²) >= 11 is 5.49. The Kier molecular flexibility index (Phi) is 2.60. The molecular weight excluding hydrogens is 162 g/mol. The Hall–Kier alpha value is -0.890. The van der Waals surface area contributed by atoms with Gasteiger partial charge in [-0.3, -0.25) is 9.78 Å². The standard InChI is InChI=1S/C8H6ClNO/c1-6(11)7-2-3-10-8(4-7)5-9/h1-4H,5H2. The summed E-state index contributed by atoms with van der Waals surface area (Å²) in [6.45, 7) is 5.03.